The number of rotatable bonds is 22. The van der Waals surface area contributed by atoms with Crippen LogP contribution < -0.4 is 0 Å². The Kier molecular flexibility index (Phi) is 21.3. The third-order valence-electron chi connectivity index (χ3n) is 6.13. The molecule has 0 aliphatic heterocycles. The summed E-state index contributed by atoms with van der Waals surface area (Å²) < 4.78 is 0. The molecule has 0 aromatic heterocycles. The standard InChI is InChI=1S/C27H52O2/c1-4-5-6-7-8-9-10-11-12-13-14-15-16-17-18-19-20-21-22-23-25(2)24-26(3)27(28)29/h24-25H,4-23H2,1-3H3,(H,28,29)/b26-24+. The molecule has 0 heterocycles. The van der Waals surface area contributed by atoms with Crippen LogP contribution in [0.2, 0.25) is 0 Å². The Balaban J connectivity index is 3.19. The maximum absolute atomic E-state index is 10.8. The van der Waals surface area contributed by atoms with Crippen LogP contribution in [0, 0.1) is 5.92 Å². The maximum Gasteiger partial charge on any atom is 0.330 e. The average molecular weight is 409 g/mol. The minimum Gasteiger partial charge on any atom is -0.478 e. The number of carbonyl (C=O) groups is 1. The van der Waals surface area contributed by atoms with Gasteiger partial charge in [-0.2, -0.15) is 0 Å². The van der Waals surface area contributed by atoms with Crippen molar-refractivity contribution in [3.8, 4) is 0 Å². The first-order valence-electron chi connectivity index (χ1n) is 13.0. The molecule has 0 spiro atoms. The van der Waals surface area contributed by atoms with Crippen LogP contribution in [0.25, 0.3) is 0 Å². The van der Waals surface area contributed by atoms with E-state index >= 15 is 0 Å². The number of allylic oxidation sites excluding steroid dienone is 1. The number of carboxylic acids is 1. The van der Waals surface area contributed by atoms with Crippen LogP contribution >= 0.6 is 0 Å². The predicted octanol–water partition coefficient (Wildman–Crippen LogP) is 9.48. The zero-order valence-corrected chi connectivity index (χ0v) is 20.2. The van der Waals surface area contributed by atoms with Crippen LogP contribution in [0.3, 0.4) is 0 Å². The van der Waals surface area contributed by atoms with Crippen LogP contribution in [0.15, 0.2) is 11.6 Å². The third-order valence-corrected chi connectivity index (χ3v) is 6.13. The molecule has 2 heteroatoms. The van der Waals surface area contributed by atoms with Gasteiger partial charge in [0.05, 0.1) is 0 Å². The van der Waals surface area contributed by atoms with Crippen LogP contribution in [0.4, 0.5) is 0 Å². The molecule has 1 unspecified atom stereocenters. The Labute approximate surface area is 182 Å². The highest BCUT2D eigenvalue weighted by molar-refractivity contribution is 5.85. The van der Waals surface area contributed by atoms with Gasteiger partial charge >= 0.3 is 5.97 Å². The second-order valence-corrected chi connectivity index (χ2v) is 9.28. The molecule has 0 saturated heterocycles. The summed E-state index contributed by atoms with van der Waals surface area (Å²) in [5.74, 6) is -0.401. The zero-order chi connectivity index (χ0) is 21.6. The first-order valence-corrected chi connectivity index (χ1v) is 13.0. The Morgan fingerprint density at radius 2 is 0.966 bits per heavy atom. The lowest BCUT2D eigenvalue weighted by atomic mass is 9.99. The molecule has 0 radical (unpaired) electrons. The van der Waals surface area contributed by atoms with Gasteiger partial charge in [-0.3, -0.25) is 0 Å². The highest BCUT2D eigenvalue weighted by atomic mass is 16.4. The van der Waals surface area contributed by atoms with E-state index < -0.39 is 5.97 Å². The number of carboxylic acid groups (broad SMARTS) is 1. The second-order valence-electron chi connectivity index (χ2n) is 9.28. The van der Waals surface area contributed by atoms with Crippen molar-refractivity contribution >= 4 is 5.97 Å². The van der Waals surface area contributed by atoms with Crippen LogP contribution in [0.1, 0.15) is 149 Å². The molecular weight excluding hydrogens is 356 g/mol. The molecule has 0 aliphatic rings. The van der Waals surface area contributed by atoms with Crippen LogP contribution in [0.5, 0.6) is 0 Å². The summed E-state index contributed by atoms with van der Waals surface area (Å²) in [5.41, 5.74) is 0.482. The quantitative estimate of drug-likeness (QED) is 0.143. The van der Waals surface area contributed by atoms with E-state index in [-0.39, 0.29) is 0 Å². The fraction of sp³-hybridized carbons (Fsp3) is 0.889. The minimum absolute atomic E-state index is 0.386. The van der Waals surface area contributed by atoms with Gasteiger partial charge in [-0.25, -0.2) is 4.79 Å². The van der Waals surface area contributed by atoms with Crippen molar-refractivity contribution in [1.29, 1.82) is 0 Å². The van der Waals surface area contributed by atoms with Gasteiger partial charge in [-0.05, 0) is 19.3 Å². The van der Waals surface area contributed by atoms with E-state index in [1.807, 2.05) is 6.08 Å². The molecule has 29 heavy (non-hydrogen) atoms. The van der Waals surface area contributed by atoms with Gasteiger partial charge in [0, 0.05) is 5.57 Å². The fourth-order valence-electron chi connectivity index (χ4n) is 4.13. The number of unbranched alkanes of at least 4 members (excludes halogenated alkanes) is 18. The second kappa shape index (κ2) is 21.9. The Bertz CT molecular complexity index is 386. The highest BCUT2D eigenvalue weighted by Crippen LogP contribution is 2.16. The summed E-state index contributed by atoms with van der Waals surface area (Å²) in [6.07, 6.45) is 29.8. The molecule has 0 fully saturated rings. The lowest BCUT2D eigenvalue weighted by molar-refractivity contribution is -0.132. The van der Waals surface area contributed by atoms with Crippen molar-refractivity contribution in [2.75, 3.05) is 0 Å². The van der Waals surface area contributed by atoms with E-state index in [0.717, 1.165) is 6.42 Å². The fourth-order valence-corrected chi connectivity index (χ4v) is 4.13. The summed E-state index contributed by atoms with van der Waals surface area (Å²) >= 11 is 0. The lowest BCUT2D eigenvalue weighted by Gasteiger charge is -2.07. The van der Waals surface area contributed by atoms with Crippen molar-refractivity contribution in [3.63, 3.8) is 0 Å². The van der Waals surface area contributed by atoms with Gasteiger partial charge in [-0.15, -0.1) is 0 Å². The average Bonchev–Trinajstić information content (AvgIpc) is 2.69. The van der Waals surface area contributed by atoms with Crippen molar-refractivity contribution < 1.29 is 9.90 Å². The van der Waals surface area contributed by atoms with E-state index in [4.69, 9.17) is 5.11 Å². The molecule has 0 aromatic carbocycles. The molecule has 172 valence electrons. The van der Waals surface area contributed by atoms with Crippen LogP contribution in [-0.4, -0.2) is 11.1 Å². The predicted molar refractivity (Wildman–Crippen MR) is 129 cm³/mol. The van der Waals surface area contributed by atoms with Crippen molar-refractivity contribution in [2.24, 2.45) is 5.92 Å². The van der Waals surface area contributed by atoms with Gasteiger partial charge in [-0.1, -0.05) is 142 Å². The first kappa shape index (κ1) is 28.2. The van der Waals surface area contributed by atoms with Gasteiger partial charge in [0.2, 0.25) is 0 Å². The van der Waals surface area contributed by atoms with E-state index in [1.165, 1.54) is 122 Å². The van der Waals surface area contributed by atoms with Crippen molar-refractivity contribution in [2.45, 2.75) is 149 Å². The smallest absolute Gasteiger partial charge is 0.330 e. The van der Waals surface area contributed by atoms with E-state index in [2.05, 4.69) is 13.8 Å². The van der Waals surface area contributed by atoms with Gasteiger partial charge in [0.15, 0.2) is 0 Å². The number of hydrogen-bond donors (Lipinski definition) is 1. The molecule has 0 bridgehead atoms. The van der Waals surface area contributed by atoms with E-state index in [1.54, 1.807) is 6.92 Å². The Hall–Kier alpha value is -0.790. The highest BCUT2D eigenvalue weighted by Gasteiger charge is 2.04. The Morgan fingerprint density at radius 3 is 1.28 bits per heavy atom. The number of aliphatic carboxylic acids is 1. The summed E-state index contributed by atoms with van der Waals surface area (Å²) in [5, 5.41) is 8.90. The van der Waals surface area contributed by atoms with Gasteiger partial charge in [0.1, 0.15) is 0 Å². The molecule has 0 rings (SSSR count). The summed E-state index contributed by atoms with van der Waals surface area (Å²) in [6, 6.07) is 0. The third kappa shape index (κ3) is 21.7. The van der Waals surface area contributed by atoms with E-state index in [9.17, 15) is 4.79 Å². The van der Waals surface area contributed by atoms with Crippen molar-refractivity contribution in [1.82, 2.24) is 0 Å². The largest absolute Gasteiger partial charge is 0.478 e. The summed E-state index contributed by atoms with van der Waals surface area (Å²) in [6.45, 7) is 6.10. The molecular formula is C27H52O2. The number of hydrogen-bond acceptors (Lipinski definition) is 1. The normalized spacial score (nSPS) is 13.0. The van der Waals surface area contributed by atoms with E-state index in [0.29, 0.717) is 11.5 Å². The van der Waals surface area contributed by atoms with Crippen LogP contribution in [-0.2, 0) is 4.79 Å². The van der Waals surface area contributed by atoms with Crippen molar-refractivity contribution in [3.05, 3.63) is 11.6 Å². The van der Waals surface area contributed by atoms with Gasteiger partial charge in [0.25, 0.3) is 0 Å². The molecule has 0 aromatic rings. The first-order chi connectivity index (χ1) is 14.1. The Morgan fingerprint density at radius 1 is 0.655 bits per heavy atom. The molecule has 1 atom stereocenters. The summed E-state index contributed by atoms with van der Waals surface area (Å²) in [4.78, 5) is 10.8. The molecule has 0 saturated carbocycles. The zero-order valence-electron chi connectivity index (χ0n) is 20.2. The molecule has 1 N–H and O–H groups in total. The topological polar surface area (TPSA) is 37.3 Å². The monoisotopic (exact) mass is 408 g/mol. The molecule has 2 nitrogen and oxygen atoms in total. The molecule has 0 amide bonds. The summed E-state index contributed by atoms with van der Waals surface area (Å²) in [7, 11) is 0. The molecule has 0 aliphatic carbocycles. The minimum atomic E-state index is -0.787. The SMILES string of the molecule is CCCCCCCCCCCCCCCCCCCCCC(C)/C=C(\C)C(=O)O. The van der Waals surface area contributed by atoms with Gasteiger partial charge < -0.3 is 5.11 Å². The maximum atomic E-state index is 10.8. The lowest BCUT2D eigenvalue weighted by Crippen LogP contribution is -1.99.